The summed E-state index contributed by atoms with van der Waals surface area (Å²) in [4.78, 5) is 12.9. The number of phenolic OH excluding ortho intramolecular Hbond substituents is 1. The van der Waals surface area contributed by atoms with Crippen LogP contribution >= 0.6 is 0 Å². The van der Waals surface area contributed by atoms with Crippen molar-refractivity contribution in [1.29, 1.82) is 0 Å². The molecule has 2 heterocycles. The Labute approximate surface area is 172 Å². The predicted octanol–water partition coefficient (Wildman–Crippen LogP) is 2.23. The summed E-state index contributed by atoms with van der Waals surface area (Å²) in [5.74, 6) is 6.35. The number of phenols is 1. The van der Waals surface area contributed by atoms with Crippen molar-refractivity contribution in [2.45, 2.75) is 37.5 Å². The number of hydrazine groups is 1. The first-order valence-corrected chi connectivity index (χ1v) is 10.1. The van der Waals surface area contributed by atoms with Gasteiger partial charge in [-0.05, 0) is 73.5 Å². The highest BCUT2D eigenvalue weighted by atomic mass is 16.3. The zero-order valence-electron chi connectivity index (χ0n) is 16.8. The smallest absolute Gasteiger partial charge is 0.115 e. The molecule has 154 valence electrons. The van der Waals surface area contributed by atoms with Crippen molar-refractivity contribution in [3.63, 3.8) is 0 Å². The summed E-state index contributed by atoms with van der Waals surface area (Å²) in [5.41, 5.74) is 12.0. The van der Waals surface area contributed by atoms with Crippen molar-refractivity contribution in [3.05, 3.63) is 70.6 Å². The molecule has 4 rings (SSSR count). The van der Waals surface area contributed by atoms with Gasteiger partial charge >= 0.3 is 0 Å². The van der Waals surface area contributed by atoms with Crippen LogP contribution in [0.2, 0.25) is 0 Å². The predicted molar refractivity (Wildman–Crippen MR) is 114 cm³/mol. The summed E-state index contributed by atoms with van der Waals surface area (Å²) < 4.78 is 0. The average molecular weight is 395 g/mol. The minimum atomic E-state index is -0.295. The SMILES string of the molecule is C=O.NCCCC1(C2=CCN(N)CC2)c2ccc(O)cc2CCc2cccnc21. The fourth-order valence-corrected chi connectivity index (χ4v) is 4.80. The van der Waals surface area contributed by atoms with Gasteiger partial charge in [0.25, 0.3) is 0 Å². The lowest BCUT2D eigenvalue weighted by Gasteiger charge is -2.40. The molecule has 1 aromatic heterocycles. The summed E-state index contributed by atoms with van der Waals surface area (Å²) in [5, 5.41) is 12.0. The number of aromatic hydroxyl groups is 1. The van der Waals surface area contributed by atoms with Gasteiger partial charge in [-0.15, -0.1) is 0 Å². The van der Waals surface area contributed by atoms with Crippen LogP contribution in [0.1, 0.15) is 41.6 Å². The van der Waals surface area contributed by atoms with E-state index in [0.29, 0.717) is 12.3 Å². The van der Waals surface area contributed by atoms with Crippen molar-refractivity contribution >= 4 is 6.79 Å². The highest BCUT2D eigenvalue weighted by Gasteiger charge is 2.43. The van der Waals surface area contributed by atoms with Crippen molar-refractivity contribution in [2.24, 2.45) is 11.6 Å². The van der Waals surface area contributed by atoms with Crippen LogP contribution in [-0.2, 0) is 23.1 Å². The van der Waals surface area contributed by atoms with Gasteiger partial charge in [0.15, 0.2) is 0 Å². The van der Waals surface area contributed by atoms with Crippen LogP contribution in [0.3, 0.4) is 0 Å². The van der Waals surface area contributed by atoms with E-state index in [1.165, 1.54) is 22.3 Å². The van der Waals surface area contributed by atoms with Crippen molar-refractivity contribution < 1.29 is 9.90 Å². The minimum absolute atomic E-state index is 0.295. The molecule has 0 spiro atoms. The second-order valence-corrected chi connectivity index (χ2v) is 7.62. The molecule has 0 bridgehead atoms. The lowest BCUT2D eigenvalue weighted by molar-refractivity contribution is -0.0979. The topological polar surface area (TPSA) is 105 Å². The number of hydrogen-bond acceptors (Lipinski definition) is 6. The molecule has 0 saturated heterocycles. The Hall–Kier alpha value is -2.54. The first-order chi connectivity index (χ1) is 14.1. The second-order valence-electron chi connectivity index (χ2n) is 7.62. The van der Waals surface area contributed by atoms with Gasteiger partial charge in [0.2, 0.25) is 0 Å². The number of pyridine rings is 1. The molecular weight excluding hydrogens is 364 g/mol. The van der Waals surface area contributed by atoms with Crippen molar-refractivity contribution in [3.8, 4) is 5.75 Å². The number of aryl methyl sites for hydroxylation is 2. The third kappa shape index (κ3) is 3.96. The Morgan fingerprint density at radius 2 is 1.97 bits per heavy atom. The van der Waals surface area contributed by atoms with Crippen LogP contribution in [-0.4, -0.2) is 41.5 Å². The van der Waals surface area contributed by atoms with Gasteiger partial charge in [0, 0.05) is 19.3 Å². The summed E-state index contributed by atoms with van der Waals surface area (Å²) in [6.45, 7) is 4.23. The third-order valence-corrected chi connectivity index (χ3v) is 6.05. The van der Waals surface area contributed by atoms with Gasteiger partial charge in [0.1, 0.15) is 12.5 Å². The van der Waals surface area contributed by atoms with E-state index in [1.54, 1.807) is 0 Å². The molecule has 1 aliphatic heterocycles. The highest BCUT2D eigenvalue weighted by Crippen LogP contribution is 2.49. The highest BCUT2D eigenvalue weighted by molar-refractivity contribution is 5.55. The molecule has 0 fully saturated rings. The van der Waals surface area contributed by atoms with E-state index in [2.05, 4.69) is 18.2 Å². The molecule has 0 saturated carbocycles. The first-order valence-electron chi connectivity index (χ1n) is 10.1. The maximum atomic E-state index is 10.1. The van der Waals surface area contributed by atoms with Crippen LogP contribution in [0.5, 0.6) is 5.75 Å². The van der Waals surface area contributed by atoms with Crippen LogP contribution in [0.4, 0.5) is 0 Å². The van der Waals surface area contributed by atoms with Crippen LogP contribution in [0.15, 0.2) is 48.2 Å². The number of fused-ring (bicyclic) bond motifs is 2. The quantitative estimate of drug-likeness (QED) is 0.542. The molecule has 2 aliphatic rings. The van der Waals surface area contributed by atoms with E-state index in [-0.39, 0.29) is 5.41 Å². The van der Waals surface area contributed by atoms with E-state index < -0.39 is 0 Å². The number of nitrogens with zero attached hydrogens (tertiary/aromatic N) is 2. The Bertz CT molecular complexity index is 883. The minimum Gasteiger partial charge on any atom is -0.508 e. The molecule has 1 aliphatic carbocycles. The summed E-state index contributed by atoms with van der Waals surface area (Å²) in [6.07, 6.45) is 8.77. The number of rotatable bonds is 4. The number of benzene rings is 1. The molecule has 6 nitrogen and oxygen atoms in total. The summed E-state index contributed by atoms with van der Waals surface area (Å²) in [6, 6.07) is 10.1. The first kappa shape index (κ1) is 21.2. The number of hydrogen-bond donors (Lipinski definition) is 3. The maximum absolute atomic E-state index is 10.1. The van der Waals surface area contributed by atoms with Crippen LogP contribution in [0, 0.1) is 0 Å². The molecule has 0 amide bonds. The Kier molecular flexibility index (Phi) is 6.79. The molecule has 2 aromatic rings. The normalized spacial score (nSPS) is 21.1. The maximum Gasteiger partial charge on any atom is 0.115 e. The van der Waals surface area contributed by atoms with Crippen molar-refractivity contribution in [2.75, 3.05) is 19.6 Å². The van der Waals surface area contributed by atoms with Gasteiger partial charge in [0.05, 0.1) is 11.1 Å². The van der Waals surface area contributed by atoms with Crippen LogP contribution in [0.25, 0.3) is 0 Å². The lowest BCUT2D eigenvalue weighted by atomic mass is 9.65. The Balaban J connectivity index is 0.00000117. The van der Waals surface area contributed by atoms with Crippen LogP contribution < -0.4 is 11.6 Å². The monoisotopic (exact) mass is 394 g/mol. The Morgan fingerprint density at radius 1 is 1.17 bits per heavy atom. The molecule has 29 heavy (non-hydrogen) atoms. The number of nitrogens with two attached hydrogens (primary N) is 2. The van der Waals surface area contributed by atoms with Gasteiger partial charge in [-0.2, -0.15) is 0 Å². The second kappa shape index (κ2) is 9.31. The molecule has 1 aromatic carbocycles. The molecule has 1 unspecified atom stereocenters. The summed E-state index contributed by atoms with van der Waals surface area (Å²) in [7, 11) is 0. The average Bonchev–Trinajstić information content (AvgIpc) is 2.89. The zero-order chi connectivity index (χ0) is 20.9. The molecular formula is C23H30N4O2. The van der Waals surface area contributed by atoms with Gasteiger partial charge in [-0.1, -0.05) is 23.8 Å². The van der Waals surface area contributed by atoms with E-state index in [1.807, 2.05) is 36.2 Å². The molecule has 0 radical (unpaired) electrons. The van der Waals surface area contributed by atoms with Crippen molar-refractivity contribution in [1.82, 2.24) is 9.99 Å². The number of carbonyl (C=O) groups excluding carboxylic acids is 1. The largest absolute Gasteiger partial charge is 0.508 e. The molecule has 6 heteroatoms. The third-order valence-electron chi connectivity index (χ3n) is 6.05. The van der Waals surface area contributed by atoms with E-state index in [4.69, 9.17) is 21.4 Å². The lowest BCUT2D eigenvalue weighted by Crippen LogP contribution is -2.41. The number of aromatic nitrogens is 1. The molecule has 5 N–H and O–H groups in total. The number of carbonyl (C=O) groups is 1. The van der Waals surface area contributed by atoms with E-state index >= 15 is 0 Å². The van der Waals surface area contributed by atoms with E-state index in [9.17, 15) is 5.11 Å². The zero-order valence-corrected chi connectivity index (χ0v) is 16.8. The fourth-order valence-electron chi connectivity index (χ4n) is 4.80. The fraction of sp³-hybridized carbons (Fsp3) is 0.391. The van der Waals surface area contributed by atoms with Gasteiger partial charge in [-0.3, -0.25) is 10.8 Å². The van der Waals surface area contributed by atoms with Gasteiger partial charge < -0.3 is 15.6 Å². The molecule has 1 atom stereocenters. The standard InChI is InChI=1S/C22H28N4O.CH2O/c23-11-2-10-22(18-8-13-26(24)14-9-18)20-7-6-19(27)15-17(20)5-4-16-3-1-12-25-21(16)22;1-2/h1,3,6-8,12,15,27H,2,4-5,9-11,13-14,23-24H2;1H2. The van der Waals surface area contributed by atoms with Gasteiger partial charge in [-0.25, -0.2) is 5.01 Å². The summed E-state index contributed by atoms with van der Waals surface area (Å²) >= 11 is 0. The Morgan fingerprint density at radius 3 is 2.69 bits per heavy atom. The van der Waals surface area contributed by atoms with E-state index in [0.717, 1.165) is 50.9 Å².